The standard InChI is InChI=1S/C19H23N3OS2/c1-13-21-14(11-24-13)12-25-18-5-3-2-4-17(18)19(23)22-15-6-7-16(22)10-20-9-8-15/h2-5,11,15-16,20H,6-10,12H2,1H3. The van der Waals surface area contributed by atoms with E-state index in [9.17, 15) is 4.79 Å². The highest BCUT2D eigenvalue weighted by atomic mass is 32.2. The minimum absolute atomic E-state index is 0.203. The van der Waals surface area contributed by atoms with Crippen LogP contribution in [0.4, 0.5) is 0 Å². The van der Waals surface area contributed by atoms with Gasteiger partial charge in [-0.2, -0.15) is 0 Å². The molecule has 4 nitrogen and oxygen atoms in total. The minimum Gasteiger partial charge on any atom is -0.331 e. The number of aromatic nitrogens is 1. The summed E-state index contributed by atoms with van der Waals surface area (Å²) in [6, 6.07) is 8.78. The highest BCUT2D eigenvalue weighted by Crippen LogP contribution is 2.33. The Bertz CT molecular complexity index is 747. The summed E-state index contributed by atoms with van der Waals surface area (Å²) in [6.07, 6.45) is 3.33. The van der Waals surface area contributed by atoms with Gasteiger partial charge in [-0.15, -0.1) is 23.1 Å². The topological polar surface area (TPSA) is 45.2 Å². The van der Waals surface area contributed by atoms with E-state index in [1.54, 1.807) is 23.1 Å². The first-order valence-corrected chi connectivity index (χ1v) is 10.7. The van der Waals surface area contributed by atoms with E-state index in [1.807, 2.05) is 25.1 Å². The SMILES string of the molecule is Cc1nc(CSc2ccccc2C(=O)N2C3CCNCC2CC3)cs1. The number of nitrogens with zero attached hydrogens (tertiary/aromatic N) is 2. The van der Waals surface area contributed by atoms with Crippen LogP contribution in [0.15, 0.2) is 34.5 Å². The van der Waals surface area contributed by atoms with Gasteiger partial charge in [-0.25, -0.2) is 4.98 Å². The number of carbonyl (C=O) groups is 1. The molecule has 2 fully saturated rings. The molecule has 1 N–H and O–H groups in total. The van der Waals surface area contributed by atoms with Crippen molar-refractivity contribution in [2.75, 3.05) is 13.1 Å². The lowest BCUT2D eigenvalue weighted by atomic mass is 10.1. The Morgan fingerprint density at radius 3 is 3.00 bits per heavy atom. The quantitative estimate of drug-likeness (QED) is 0.830. The van der Waals surface area contributed by atoms with Gasteiger partial charge in [-0.05, 0) is 44.9 Å². The van der Waals surface area contributed by atoms with Crippen molar-refractivity contribution < 1.29 is 4.79 Å². The smallest absolute Gasteiger partial charge is 0.255 e. The molecule has 0 saturated carbocycles. The highest BCUT2D eigenvalue weighted by Gasteiger charge is 2.38. The van der Waals surface area contributed by atoms with Crippen LogP contribution in [-0.2, 0) is 5.75 Å². The van der Waals surface area contributed by atoms with Crippen molar-refractivity contribution in [1.82, 2.24) is 15.2 Å². The molecule has 2 atom stereocenters. The molecule has 0 spiro atoms. The number of aryl methyl sites for hydroxylation is 1. The predicted octanol–water partition coefficient (Wildman–Crippen LogP) is 3.71. The van der Waals surface area contributed by atoms with Crippen molar-refractivity contribution in [2.45, 2.75) is 48.9 Å². The van der Waals surface area contributed by atoms with Crippen molar-refractivity contribution in [3.05, 3.63) is 45.9 Å². The Morgan fingerprint density at radius 2 is 2.16 bits per heavy atom. The number of amides is 1. The minimum atomic E-state index is 0.203. The van der Waals surface area contributed by atoms with Crippen LogP contribution in [0.2, 0.25) is 0 Å². The Kier molecular flexibility index (Phi) is 5.10. The number of fused-ring (bicyclic) bond motifs is 2. The molecule has 132 valence electrons. The van der Waals surface area contributed by atoms with Gasteiger partial charge in [0.25, 0.3) is 5.91 Å². The summed E-state index contributed by atoms with van der Waals surface area (Å²) >= 11 is 3.39. The Labute approximate surface area is 157 Å². The fourth-order valence-electron chi connectivity index (χ4n) is 3.85. The van der Waals surface area contributed by atoms with Gasteiger partial charge in [0.05, 0.1) is 16.3 Å². The van der Waals surface area contributed by atoms with E-state index in [4.69, 9.17) is 0 Å². The Morgan fingerprint density at radius 1 is 1.32 bits per heavy atom. The van der Waals surface area contributed by atoms with E-state index < -0.39 is 0 Å². The van der Waals surface area contributed by atoms with Crippen molar-refractivity contribution in [3.8, 4) is 0 Å². The summed E-state index contributed by atoms with van der Waals surface area (Å²) in [7, 11) is 0. The van der Waals surface area contributed by atoms with E-state index in [0.717, 1.165) is 59.3 Å². The van der Waals surface area contributed by atoms with Crippen molar-refractivity contribution in [2.24, 2.45) is 0 Å². The van der Waals surface area contributed by atoms with Gasteiger partial charge in [0.15, 0.2) is 0 Å². The maximum Gasteiger partial charge on any atom is 0.255 e. The van der Waals surface area contributed by atoms with Crippen molar-refractivity contribution >= 4 is 29.0 Å². The number of rotatable bonds is 4. The van der Waals surface area contributed by atoms with E-state index in [0.29, 0.717) is 12.1 Å². The van der Waals surface area contributed by atoms with Gasteiger partial charge in [-0.1, -0.05) is 12.1 Å². The third kappa shape index (κ3) is 3.61. The van der Waals surface area contributed by atoms with E-state index in [2.05, 4.69) is 26.6 Å². The maximum absolute atomic E-state index is 13.3. The molecule has 3 heterocycles. The van der Waals surface area contributed by atoms with Gasteiger partial charge in [0, 0.05) is 34.7 Å². The first-order valence-electron chi connectivity index (χ1n) is 8.88. The molecule has 1 aromatic carbocycles. The summed E-state index contributed by atoms with van der Waals surface area (Å²) < 4.78 is 0. The molecule has 1 amide bonds. The van der Waals surface area contributed by atoms with Crippen LogP contribution in [0.3, 0.4) is 0 Å². The van der Waals surface area contributed by atoms with Crippen LogP contribution >= 0.6 is 23.1 Å². The monoisotopic (exact) mass is 373 g/mol. The van der Waals surface area contributed by atoms with Crippen LogP contribution in [0, 0.1) is 6.92 Å². The second-order valence-electron chi connectivity index (χ2n) is 6.73. The second-order valence-corrected chi connectivity index (χ2v) is 8.81. The molecule has 25 heavy (non-hydrogen) atoms. The van der Waals surface area contributed by atoms with Gasteiger partial charge in [-0.3, -0.25) is 4.79 Å². The molecule has 0 radical (unpaired) electrons. The van der Waals surface area contributed by atoms with Gasteiger partial charge >= 0.3 is 0 Å². The van der Waals surface area contributed by atoms with Crippen molar-refractivity contribution in [1.29, 1.82) is 0 Å². The van der Waals surface area contributed by atoms with Crippen LogP contribution in [0.25, 0.3) is 0 Å². The lowest BCUT2D eigenvalue weighted by Crippen LogP contribution is -2.42. The fraction of sp³-hybridized carbons (Fsp3) is 0.474. The summed E-state index contributed by atoms with van der Waals surface area (Å²) in [5, 5.41) is 6.67. The molecule has 2 bridgehead atoms. The maximum atomic E-state index is 13.3. The fourth-order valence-corrected chi connectivity index (χ4v) is 5.50. The third-order valence-electron chi connectivity index (χ3n) is 5.05. The van der Waals surface area contributed by atoms with Crippen LogP contribution in [-0.4, -0.2) is 41.0 Å². The van der Waals surface area contributed by atoms with Crippen LogP contribution in [0.1, 0.15) is 40.3 Å². The highest BCUT2D eigenvalue weighted by molar-refractivity contribution is 7.98. The summed E-state index contributed by atoms with van der Waals surface area (Å²) in [4.78, 5) is 21.1. The Balaban J connectivity index is 1.54. The van der Waals surface area contributed by atoms with Crippen LogP contribution < -0.4 is 5.32 Å². The molecule has 1 aromatic heterocycles. The molecule has 6 heteroatoms. The predicted molar refractivity (Wildman–Crippen MR) is 103 cm³/mol. The lowest BCUT2D eigenvalue weighted by molar-refractivity contribution is 0.0676. The first kappa shape index (κ1) is 17.1. The molecular formula is C19H23N3OS2. The molecule has 2 aromatic rings. The number of hydrogen-bond acceptors (Lipinski definition) is 5. The number of hydrogen-bond donors (Lipinski definition) is 1. The normalized spacial score (nSPS) is 22.8. The average molecular weight is 374 g/mol. The lowest BCUT2D eigenvalue weighted by Gasteiger charge is -2.28. The Hall–Kier alpha value is -1.37. The number of benzene rings is 1. The molecule has 4 rings (SSSR count). The zero-order valence-electron chi connectivity index (χ0n) is 14.4. The molecular weight excluding hydrogens is 350 g/mol. The summed E-state index contributed by atoms with van der Waals surface area (Å²) in [5.41, 5.74) is 1.94. The van der Waals surface area contributed by atoms with Gasteiger partial charge in [0.2, 0.25) is 0 Å². The van der Waals surface area contributed by atoms with Crippen LogP contribution in [0.5, 0.6) is 0 Å². The third-order valence-corrected chi connectivity index (χ3v) is 6.98. The number of nitrogens with one attached hydrogen (secondary N) is 1. The zero-order valence-corrected chi connectivity index (χ0v) is 16.0. The van der Waals surface area contributed by atoms with Gasteiger partial charge < -0.3 is 10.2 Å². The van der Waals surface area contributed by atoms with E-state index in [-0.39, 0.29) is 5.91 Å². The number of thioether (sulfide) groups is 1. The number of carbonyl (C=O) groups excluding carboxylic acids is 1. The summed E-state index contributed by atoms with van der Waals surface area (Å²) in [5.74, 6) is 1.01. The molecule has 2 unspecified atom stereocenters. The zero-order chi connectivity index (χ0) is 17.2. The number of thiazole rings is 1. The molecule has 2 aliphatic heterocycles. The summed E-state index contributed by atoms with van der Waals surface area (Å²) in [6.45, 7) is 3.97. The van der Waals surface area contributed by atoms with Crippen molar-refractivity contribution in [3.63, 3.8) is 0 Å². The molecule has 2 saturated heterocycles. The van der Waals surface area contributed by atoms with E-state index in [1.165, 1.54) is 0 Å². The van der Waals surface area contributed by atoms with Gasteiger partial charge in [0.1, 0.15) is 0 Å². The second kappa shape index (κ2) is 7.48. The first-order chi connectivity index (χ1) is 12.2. The largest absolute Gasteiger partial charge is 0.331 e. The molecule has 0 aliphatic carbocycles. The average Bonchev–Trinajstić information content (AvgIpc) is 3.14. The molecule has 2 aliphatic rings. The van der Waals surface area contributed by atoms with E-state index >= 15 is 0 Å².